The number of primary amides is 1. The van der Waals surface area contributed by atoms with Crippen molar-refractivity contribution in [2.75, 3.05) is 6.54 Å². The molecule has 0 heterocycles. The molecule has 0 fully saturated rings. The Morgan fingerprint density at radius 1 is 0.660 bits per heavy atom. The zero-order chi connectivity index (χ0) is 38.0. The summed E-state index contributed by atoms with van der Waals surface area (Å²) in [5.41, 5.74) is 17.7. The molecule has 50 heavy (non-hydrogen) atoms. The van der Waals surface area contributed by atoms with Gasteiger partial charge in [0.1, 0.15) is 30.2 Å². The molecule has 16 nitrogen and oxygen atoms in total. The number of amides is 6. The third-order valence-corrected chi connectivity index (χ3v) is 7.67. The highest BCUT2D eigenvalue weighted by Crippen LogP contribution is 2.11. The first-order chi connectivity index (χ1) is 23.4. The molecule has 1 aromatic carbocycles. The average Bonchev–Trinajstić information content (AvgIpc) is 3.02. The van der Waals surface area contributed by atoms with E-state index in [1.165, 1.54) is 6.92 Å². The van der Waals surface area contributed by atoms with Gasteiger partial charge in [0.2, 0.25) is 35.4 Å². The van der Waals surface area contributed by atoms with Gasteiger partial charge in [-0.2, -0.15) is 0 Å². The van der Waals surface area contributed by atoms with E-state index in [1.54, 1.807) is 30.3 Å². The second-order valence-corrected chi connectivity index (χ2v) is 13.3. The molecule has 0 unspecified atom stereocenters. The summed E-state index contributed by atoms with van der Waals surface area (Å²) < 4.78 is 0. The van der Waals surface area contributed by atoms with E-state index < -0.39 is 84.1 Å². The molecule has 16 heteroatoms. The predicted octanol–water partition coefficient (Wildman–Crippen LogP) is -0.818. The lowest BCUT2D eigenvalue weighted by Crippen LogP contribution is -2.60. The molecule has 1 aromatic rings. The lowest BCUT2D eigenvalue weighted by atomic mass is 10.00. The van der Waals surface area contributed by atoms with Crippen molar-refractivity contribution in [1.29, 1.82) is 0 Å². The minimum atomic E-state index is -1.42. The lowest BCUT2D eigenvalue weighted by molar-refractivity contribution is -0.142. The van der Waals surface area contributed by atoms with Gasteiger partial charge in [-0.15, -0.1) is 0 Å². The fourth-order valence-electron chi connectivity index (χ4n) is 5.02. The predicted molar refractivity (Wildman–Crippen MR) is 187 cm³/mol. The molecule has 280 valence electrons. The van der Waals surface area contributed by atoms with E-state index in [1.807, 2.05) is 27.7 Å². The molecular formula is C34H56N8O8. The summed E-state index contributed by atoms with van der Waals surface area (Å²) >= 11 is 0. The van der Waals surface area contributed by atoms with E-state index in [4.69, 9.17) is 17.2 Å². The largest absolute Gasteiger partial charge is 0.480 e. The summed E-state index contributed by atoms with van der Waals surface area (Å²) in [6.45, 7) is 9.01. The maximum absolute atomic E-state index is 13.8. The fourth-order valence-corrected chi connectivity index (χ4v) is 5.02. The summed E-state index contributed by atoms with van der Waals surface area (Å²) in [5.74, 6) is -5.77. The van der Waals surface area contributed by atoms with Gasteiger partial charge >= 0.3 is 5.97 Å². The Morgan fingerprint density at radius 2 is 1.16 bits per heavy atom. The van der Waals surface area contributed by atoms with Crippen LogP contribution in [0, 0.1) is 11.8 Å². The number of carboxylic acids is 1. The zero-order valence-electron chi connectivity index (χ0n) is 29.7. The molecule has 12 N–H and O–H groups in total. The zero-order valence-corrected chi connectivity index (χ0v) is 29.7. The highest BCUT2D eigenvalue weighted by Gasteiger charge is 2.33. The summed E-state index contributed by atoms with van der Waals surface area (Å²) in [7, 11) is 0. The SMILES string of the molecule is CC(C)C[C@H](NC(=O)[C@H](Cc1ccccc1)NC(=O)[C@H](CCCCN)NC(=O)[C@H](CC(N)=O)NC(=O)[C@@H](N)CC(C)C)C(=O)N[C@@H](C)C(=O)O. The Bertz CT molecular complexity index is 1290. The molecule has 0 aliphatic rings. The molecule has 0 aliphatic heterocycles. The Morgan fingerprint density at radius 3 is 1.70 bits per heavy atom. The molecular weight excluding hydrogens is 648 g/mol. The molecule has 1 rings (SSSR count). The Kier molecular flexibility index (Phi) is 19.3. The number of unbranched alkanes of at least 4 members (excludes halogenated alkanes) is 1. The third kappa shape index (κ3) is 16.7. The normalized spacial score (nSPS) is 14.7. The van der Waals surface area contributed by atoms with Crippen molar-refractivity contribution in [3.8, 4) is 0 Å². The van der Waals surface area contributed by atoms with Gasteiger partial charge in [0, 0.05) is 6.42 Å². The molecule has 0 aromatic heterocycles. The number of carbonyl (C=O) groups is 7. The number of carboxylic acid groups (broad SMARTS) is 1. The number of benzene rings is 1. The van der Waals surface area contributed by atoms with Gasteiger partial charge in [0.05, 0.1) is 12.5 Å². The van der Waals surface area contributed by atoms with Crippen molar-refractivity contribution < 1.29 is 38.7 Å². The van der Waals surface area contributed by atoms with Crippen LogP contribution in [0.15, 0.2) is 30.3 Å². The molecule has 0 radical (unpaired) electrons. The quantitative estimate of drug-likeness (QED) is 0.0639. The van der Waals surface area contributed by atoms with Crippen LogP contribution in [0.2, 0.25) is 0 Å². The standard InChI is InChI=1S/C34H56N8O8/c1-19(2)15-23(36)29(44)40-27(18-28(37)43)33(48)39-24(13-9-10-14-35)30(45)42-26(17-22-11-7-6-8-12-22)32(47)41-25(16-20(3)4)31(46)38-21(5)34(49)50/h6-8,11-12,19-21,23-27H,9-10,13-18,35-36H2,1-5H3,(H2,37,43)(H,38,46)(H,39,48)(H,40,44)(H,41,47)(H,42,45)(H,49,50)/t21-,23-,24-,25-,26-,27-/m0/s1. The van der Waals surface area contributed by atoms with E-state index >= 15 is 0 Å². The van der Waals surface area contributed by atoms with Gasteiger partial charge in [-0.05, 0) is 63.0 Å². The van der Waals surface area contributed by atoms with Crippen molar-refractivity contribution in [2.45, 2.75) is 116 Å². The monoisotopic (exact) mass is 704 g/mol. The number of aliphatic carboxylic acids is 1. The molecule has 0 saturated carbocycles. The van der Waals surface area contributed by atoms with Gasteiger partial charge in [-0.1, -0.05) is 58.0 Å². The van der Waals surface area contributed by atoms with Crippen LogP contribution in [0.5, 0.6) is 0 Å². The van der Waals surface area contributed by atoms with Gasteiger partial charge in [0.25, 0.3) is 0 Å². The lowest BCUT2D eigenvalue weighted by Gasteiger charge is -2.27. The molecule has 0 aliphatic carbocycles. The Labute approximate surface area is 293 Å². The van der Waals surface area contributed by atoms with E-state index in [2.05, 4.69) is 26.6 Å². The molecule has 0 spiro atoms. The third-order valence-electron chi connectivity index (χ3n) is 7.67. The first kappa shape index (κ1) is 43.5. The first-order valence-electron chi connectivity index (χ1n) is 17.0. The molecule has 6 amide bonds. The fraction of sp³-hybridized carbons (Fsp3) is 0.618. The number of nitrogens with one attached hydrogen (secondary N) is 5. The van der Waals surface area contributed by atoms with Crippen molar-refractivity contribution in [3.05, 3.63) is 35.9 Å². The number of nitrogens with two attached hydrogens (primary N) is 3. The number of rotatable bonds is 23. The van der Waals surface area contributed by atoms with Crippen LogP contribution < -0.4 is 43.8 Å². The summed E-state index contributed by atoms with van der Waals surface area (Å²) in [5, 5.41) is 22.0. The summed E-state index contributed by atoms with van der Waals surface area (Å²) in [6.07, 6.45) is 0.990. The van der Waals surface area contributed by atoms with Crippen LogP contribution in [-0.2, 0) is 40.0 Å². The number of hydrogen-bond donors (Lipinski definition) is 9. The Hall–Kier alpha value is -4.57. The minimum absolute atomic E-state index is 0.0114. The van der Waals surface area contributed by atoms with E-state index in [0.29, 0.717) is 31.4 Å². The van der Waals surface area contributed by atoms with Crippen molar-refractivity contribution >= 4 is 41.4 Å². The van der Waals surface area contributed by atoms with Crippen molar-refractivity contribution in [2.24, 2.45) is 29.0 Å². The van der Waals surface area contributed by atoms with E-state index in [9.17, 15) is 38.7 Å². The first-order valence-corrected chi connectivity index (χ1v) is 17.0. The van der Waals surface area contributed by atoms with Crippen LogP contribution in [-0.4, -0.2) is 89.3 Å². The maximum atomic E-state index is 13.8. The second kappa shape index (κ2) is 22.2. The van der Waals surface area contributed by atoms with Crippen LogP contribution >= 0.6 is 0 Å². The molecule has 0 bridgehead atoms. The van der Waals surface area contributed by atoms with Crippen molar-refractivity contribution in [3.63, 3.8) is 0 Å². The summed E-state index contributed by atoms with van der Waals surface area (Å²) in [6, 6.07) is 1.65. The van der Waals surface area contributed by atoms with Gasteiger partial charge < -0.3 is 48.9 Å². The highest BCUT2D eigenvalue weighted by atomic mass is 16.4. The van der Waals surface area contributed by atoms with E-state index in [0.717, 1.165) is 0 Å². The average molecular weight is 705 g/mol. The van der Waals surface area contributed by atoms with Gasteiger partial charge in [-0.3, -0.25) is 33.6 Å². The van der Waals surface area contributed by atoms with Crippen LogP contribution in [0.25, 0.3) is 0 Å². The minimum Gasteiger partial charge on any atom is -0.480 e. The smallest absolute Gasteiger partial charge is 0.325 e. The molecule has 6 atom stereocenters. The topological polar surface area (TPSA) is 278 Å². The van der Waals surface area contributed by atoms with Crippen molar-refractivity contribution in [1.82, 2.24) is 26.6 Å². The maximum Gasteiger partial charge on any atom is 0.325 e. The van der Waals surface area contributed by atoms with Gasteiger partial charge in [-0.25, -0.2) is 0 Å². The second-order valence-electron chi connectivity index (χ2n) is 13.3. The van der Waals surface area contributed by atoms with Gasteiger partial charge in [0.15, 0.2) is 0 Å². The van der Waals surface area contributed by atoms with E-state index in [-0.39, 0.29) is 31.1 Å². The van der Waals surface area contributed by atoms with Crippen LogP contribution in [0.4, 0.5) is 0 Å². The summed E-state index contributed by atoms with van der Waals surface area (Å²) in [4.78, 5) is 89.9. The molecule has 0 saturated heterocycles. The Balaban J connectivity index is 3.35. The number of hydrogen-bond acceptors (Lipinski definition) is 9. The van der Waals surface area contributed by atoms with Crippen LogP contribution in [0.1, 0.15) is 78.7 Å². The highest BCUT2D eigenvalue weighted by molar-refractivity contribution is 5.97. The number of carbonyl (C=O) groups excluding carboxylic acids is 6. The van der Waals surface area contributed by atoms with Crippen LogP contribution in [0.3, 0.4) is 0 Å².